The largest absolute Gasteiger partial charge is 0.388 e. The van der Waals surface area contributed by atoms with Crippen LogP contribution in [0.1, 0.15) is 43.4 Å². The van der Waals surface area contributed by atoms with Gasteiger partial charge in [-0.25, -0.2) is 0 Å². The second-order valence-electron chi connectivity index (χ2n) is 5.74. The average Bonchev–Trinajstić information content (AvgIpc) is 2.46. The lowest BCUT2D eigenvalue weighted by Crippen LogP contribution is -2.40. The van der Waals surface area contributed by atoms with E-state index < -0.39 is 0 Å². The number of hydrogen-bond acceptors (Lipinski definition) is 3. The molecule has 0 saturated carbocycles. The molecule has 112 valence electrons. The first-order valence-corrected chi connectivity index (χ1v) is 7.77. The van der Waals surface area contributed by atoms with Crippen molar-refractivity contribution >= 4 is 0 Å². The molecule has 2 rings (SSSR count). The van der Waals surface area contributed by atoms with Gasteiger partial charge in [-0.05, 0) is 45.2 Å². The van der Waals surface area contributed by atoms with E-state index in [0.29, 0.717) is 6.10 Å². The summed E-state index contributed by atoms with van der Waals surface area (Å²) < 4.78 is 5.71. The molecule has 3 heteroatoms. The fraction of sp³-hybridized carbons (Fsp3) is 0.647. The molecule has 1 saturated heterocycles. The highest BCUT2D eigenvalue weighted by Crippen LogP contribution is 2.19. The van der Waals surface area contributed by atoms with Gasteiger partial charge in [0.15, 0.2) is 0 Å². The molecular weight excluding hydrogens is 250 g/mol. The minimum absolute atomic E-state index is 0.358. The summed E-state index contributed by atoms with van der Waals surface area (Å²) >= 11 is 0. The fourth-order valence-electron chi connectivity index (χ4n) is 2.85. The zero-order valence-electron chi connectivity index (χ0n) is 12.7. The van der Waals surface area contributed by atoms with E-state index in [4.69, 9.17) is 4.74 Å². The molecule has 1 aliphatic rings. The molecular formula is C17H27NO2. The molecule has 0 aliphatic carbocycles. The van der Waals surface area contributed by atoms with E-state index in [1.54, 1.807) is 0 Å². The van der Waals surface area contributed by atoms with Crippen LogP contribution in [0.15, 0.2) is 24.3 Å². The van der Waals surface area contributed by atoms with Gasteiger partial charge in [0.05, 0.1) is 12.2 Å². The van der Waals surface area contributed by atoms with E-state index in [1.165, 1.54) is 18.4 Å². The van der Waals surface area contributed by atoms with Crippen LogP contribution in [0.3, 0.4) is 0 Å². The molecule has 3 nitrogen and oxygen atoms in total. The van der Waals surface area contributed by atoms with Gasteiger partial charge in [0.1, 0.15) is 0 Å². The summed E-state index contributed by atoms with van der Waals surface area (Å²) in [6.07, 6.45) is 3.19. The van der Waals surface area contributed by atoms with Gasteiger partial charge in [-0.1, -0.05) is 29.8 Å². The normalized spacial score (nSPS) is 21.9. The summed E-state index contributed by atoms with van der Waals surface area (Å²) in [7, 11) is 0. The Hall–Kier alpha value is -0.900. The van der Waals surface area contributed by atoms with Gasteiger partial charge in [-0.3, -0.25) is 0 Å². The Kier molecular flexibility index (Phi) is 6.02. The van der Waals surface area contributed by atoms with Gasteiger partial charge in [0.2, 0.25) is 0 Å². The van der Waals surface area contributed by atoms with Crippen LogP contribution >= 0.6 is 0 Å². The molecule has 1 N–H and O–H groups in total. The lowest BCUT2D eigenvalue weighted by atomic mass is 10.0. The maximum Gasteiger partial charge on any atom is 0.0802 e. The number of benzene rings is 1. The molecule has 1 fully saturated rings. The molecule has 2 atom stereocenters. The molecule has 1 heterocycles. The van der Waals surface area contributed by atoms with Crippen molar-refractivity contribution in [3.05, 3.63) is 35.4 Å². The second kappa shape index (κ2) is 7.77. The minimum Gasteiger partial charge on any atom is -0.388 e. The van der Waals surface area contributed by atoms with Crippen molar-refractivity contribution in [2.24, 2.45) is 0 Å². The molecule has 1 aromatic rings. The predicted molar refractivity (Wildman–Crippen MR) is 81.8 cm³/mol. The number of rotatable bonds is 6. The van der Waals surface area contributed by atoms with Crippen molar-refractivity contribution < 1.29 is 9.84 Å². The average molecular weight is 277 g/mol. The lowest BCUT2D eigenvalue weighted by Gasteiger charge is -2.32. The van der Waals surface area contributed by atoms with Crippen LogP contribution in [-0.4, -0.2) is 42.4 Å². The number of piperidine rings is 1. The highest BCUT2D eigenvalue weighted by Gasteiger charge is 2.20. The lowest BCUT2D eigenvalue weighted by molar-refractivity contribution is 0.00212. The zero-order chi connectivity index (χ0) is 14.4. The summed E-state index contributed by atoms with van der Waals surface area (Å²) in [6.45, 7) is 8.00. The number of hydrogen-bond donors (Lipinski definition) is 1. The standard InChI is InChI=1S/C17H27NO2/c1-3-20-16-5-4-11-18(13-16)12-10-17(19)15-8-6-14(2)7-9-15/h6-9,16-17,19H,3-5,10-13H2,1-2H3. The minimum atomic E-state index is -0.358. The third kappa shape index (κ3) is 4.58. The van der Waals surface area contributed by atoms with Crippen LogP contribution in [0.4, 0.5) is 0 Å². The third-order valence-corrected chi connectivity index (χ3v) is 4.05. The molecule has 0 aromatic heterocycles. The molecule has 1 aliphatic heterocycles. The molecule has 1 aromatic carbocycles. The van der Waals surface area contributed by atoms with Crippen molar-refractivity contribution in [3.8, 4) is 0 Å². The van der Waals surface area contributed by atoms with E-state index >= 15 is 0 Å². The molecule has 0 amide bonds. The van der Waals surface area contributed by atoms with E-state index in [1.807, 2.05) is 12.1 Å². The number of aryl methyl sites for hydroxylation is 1. The Balaban J connectivity index is 1.78. The van der Waals surface area contributed by atoms with E-state index in [2.05, 4.69) is 30.9 Å². The molecule has 0 bridgehead atoms. The first-order chi connectivity index (χ1) is 9.69. The van der Waals surface area contributed by atoms with Crippen LogP contribution < -0.4 is 0 Å². The number of nitrogens with zero attached hydrogens (tertiary/aromatic N) is 1. The van der Waals surface area contributed by atoms with E-state index in [0.717, 1.165) is 38.2 Å². The molecule has 0 radical (unpaired) electrons. The Bertz CT molecular complexity index is 388. The summed E-state index contributed by atoms with van der Waals surface area (Å²) in [4.78, 5) is 2.42. The predicted octanol–water partition coefficient (Wildman–Crippen LogP) is 2.92. The summed E-state index contributed by atoms with van der Waals surface area (Å²) in [5.41, 5.74) is 2.26. The number of aliphatic hydroxyl groups is 1. The Morgan fingerprint density at radius 1 is 1.35 bits per heavy atom. The van der Waals surface area contributed by atoms with Crippen LogP contribution in [0.2, 0.25) is 0 Å². The van der Waals surface area contributed by atoms with Crippen molar-refractivity contribution in [1.29, 1.82) is 0 Å². The van der Waals surface area contributed by atoms with Crippen LogP contribution in [0.25, 0.3) is 0 Å². The maximum atomic E-state index is 10.3. The van der Waals surface area contributed by atoms with Crippen molar-refractivity contribution in [1.82, 2.24) is 4.90 Å². The van der Waals surface area contributed by atoms with Gasteiger partial charge in [-0.2, -0.15) is 0 Å². The zero-order valence-corrected chi connectivity index (χ0v) is 12.7. The van der Waals surface area contributed by atoms with Crippen LogP contribution in [0, 0.1) is 6.92 Å². The monoisotopic (exact) mass is 277 g/mol. The van der Waals surface area contributed by atoms with Crippen molar-refractivity contribution in [2.45, 2.75) is 45.3 Å². The molecule has 20 heavy (non-hydrogen) atoms. The van der Waals surface area contributed by atoms with Crippen molar-refractivity contribution in [3.63, 3.8) is 0 Å². The quantitative estimate of drug-likeness (QED) is 0.868. The second-order valence-corrected chi connectivity index (χ2v) is 5.74. The first kappa shape index (κ1) is 15.5. The first-order valence-electron chi connectivity index (χ1n) is 7.77. The van der Waals surface area contributed by atoms with Crippen LogP contribution in [-0.2, 0) is 4.74 Å². The number of likely N-dealkylation sites (tertiary alicyclic amines) is 1. The Morgan fingerprint density at radius 3 is 2.80 bits per heavy atom. The summed E-state index contributed by atoms with van der Waals surface area (Å²) in [6, 6.07) is 8.17. The smallest absolute Gasteiger partial charge is 0.0802 e. The Labute approximate surface area is 122 Å². The van der Waals surface area contributed by atoms with Gasteiger partial charge < -0.3 is 14.7 Å². The highest BCUT2D eigenvalue weighted by molar-refractivity contribution is 5.23. The van der Waals surface area contributed by atoms with Gasteiger partial charge in [0, 0.05) is 19.7 Å². The fourth-order valence-corrected chi connectivity index (χ4v) is 2.85. The topological polar surface area (TPSA) is 32.7 Å². The van der Waals surface area contributed by atoms with E-state index in [-0.39, 0.29) is 6.10 Å². The number of aliphatic hydroxyl groups excluding tert-OH is 1. The van der Waals surface area contributed by atoms with Crippen LogP contribution in [0.5, 0.6) is 0 Å². The third-order valence-electron chi connectivity index (χ3n) is 4.05. The number of ether oxygens (including phenoxy) is 1. The SMILES string of the molecule is CCOC1CCCN(CCC(O)c2ccc(C)cc2)C1. The maximum absolute atomic E-state index is 10.3. The van der Waals surface area contributed by atoms with Crippen molar-refractivity contribution in [2.75, 3.05) is 26.2 Å². The van der Waals surface area contributed by atoms with E-state index in [9.17, 15) is 5.11 Å². The van der Waals surface area contributed by atoms with Gasteiger partial charge in [0.25, 0.3) is 0 Å². The van der Waals surface area contributed by atoms with Gasteiger partial charge >= 0.3 is 0 Å². The summed E-state index contributed by atoms with van der Waals surface area (Å²) in [5, 5.41) is 10.3. The summed E-state index contributed by atoms with van der Waals surface area (Å²) in [5.74, 6) is 0. The highest BCUT2D eigenvalue weighted by atomic mass is 16.5. The Morgan fingerprint density at radius 2 is 2.10 bits per heavy atom. The molecule has 2 unspecified atom stereocenters. The molecule has 0 spiro atoms. The van der Waals surface area contributed by atoms with Gasteiger partial charge in [-0.15, -0.1) is 0 Å².